The summed E-state index contributed by atoms with van der Waals surface area (Å²) in [5, 5.41) is 3.70. The third-order valence-electron chi connectivity index (χ3n) is 3.75. The molecule has 1 N–H and O–H groups in total. The van der Waals surface area contributed by atoms with Crippen molar-refractivity contribution in [3.05, 3.63) is 64.7 Å². The molecular weight excluding hydrogens is 340 g/mol. The van der Waals surface area contributed by atoms with Gasteiger partial charge < -0.3 is 5.32 Å². The highest BCUT2D eigenvalue weighted by molar-refractivity contribution is 7.98. The Morgan fingerprint density at radius 2 is 1.96 bits per heavy atom. The predicted molar refractivity (Wildman–Crippen MR) is 103 cm³/mol. The van der Waals surface area contributed by atoms with Gasteiger partial charge in [0.05, 0.1) is 12.6 Å². The van der Waals surface area contributed by atoms with Crippen molar-refractivity contribution in [1.29, 1.82) is 0 Å². The van der Waals surface area contributed by atoms with Crippen molar-refractivity contribution >= 4 is 29.3 Å². The van der Waals surface area contributed by atoms with E-state index in [1.165, 1.54) is 10.5 Å². The average Bonchev–Trinajstić information content (AvgIpc) is 2.55. The lowest BCUT2D eigenvalue weighted by Gasteiger charge is -2.19. The number of likely N-dealkylation sites (N-methyl/N-ethyl adjacent to an activating group) is 1. The molecule has 0 heterocycles. The van der Waals surface area contributed by atoms with Crippen LogP contribution in [0.5, 0.6) is 0 Å². The molecule has 0 radical (unpaired) electrons. The zero-order chi connectivity index (χ0) is 17.5. The van der Waals surface area contributed by atoms with Crippen LogP contribution in [0.25, 0.3) is 0 Å². The first-order valence-corrected chi connectivity index (χ1v) is 9.44. The molecule has 0 saturated carbocycles. The minimum atomic E-state index is -0.0644. The number of rotatable bonds is 7. The van der Waals surface area contributed by atoms with E-state index in [-0.39, 0.29) is 11.9 Å². The van der Waals surface area contributed by atoms with Gasteiger partial charge in [0.2, 0.25) is 5.91 Å². The van der Waals surface area contributed by atoms with Crippen LogP contribution in [0.2, 0.25) is 5.02 Å². The second kappa shape index (κ2) is 9.11. The molecule has 0 spiro atoms. The summed E-state index contributed by atoms with van der Waals surface area (Å²) in [6.45, 7) is 3.06. The van der Waals surface area contributed by atoms with Crippen LogP contribution in [-0.2, 0) is 11.3 Å². The Morgan fingerprint density at radius 1 is 1.25 bits per heavy atom. The molecule has 128 valence electrons. The van der Waals surface area contributed by atoms with Crippen LogP contribution in [-0.4, -0.2) is 30.7 Å². The van der Waals surface area contributed by atoms with E-state index in [4.69, 9.17) is 11.6 Å². The van der Waals surface area contributed by atoms with Gasteiger partial charge in [-0.3, -0.25) is 9.69 Å². The highest BCUT2D eigenvalue weighted by Crippen LogP contribution is 2.17. The number of carbonyl (C=O) groups excluding carboxylic acids is 1. The smallest absolute Gasteiger partial charge is 0.234 e. The standard InChI is InChI=1S/C19H23ClN2OS/c1-14(16-5-4-6-17(20)11-16)21-19(23)13-22(2)12-15-7-9-18(24-3)10-8-15/h4-11,14H,12-13H2,1-3H3,(H,21,23)/t14-/m0/s1. The van der Waals surface area contributed by atoms with E-state index in [1.807, 2.05) is 43.1 Å². The first-order chi connectivity index (χ1) is 11.5. The number of hydrogen-bond donors (Lipinski definition) is 1. The van der Waals surface area contributed by atoms with Gasteiger partial charge in [0.15, 0.2) is 0 Å². The number of hydrogen-bond acceptors (Lipinski definition) is 3. The quantitative estimate of drug-likeness (QED) is 0.742. The molecule has 3 nitrogen and oxygen atoms in total. The largest absolute Gasteiger partial charge is 0.348 e. The Balaban J connectivity index is 1.84. The number of nitrogens with zero attached hydrogens (tertiary/aromatic N) is 1. The Bertz CT molecular complexity index is 675. The zero-order valence-electron chi connectivity index (χ0n) is 14.3. The molecule has 0 aliphatic carbocycles. The highest BCUT2D eigenvalue weighted by Gasteiger charge is 2.12. The Morgan fingerprint density at radius 3 is 2.58 bits per heavy atom. The fourth-order valence-corrected chi connectivity index (χ4v) is 3.10. The van der Waals surface area contributed by atoms with E-state index in [0.29, 0.717) is 11.6 Å². The third-order valence-corrected chi connectivity index (χ3v) is 4.73. The average molecular weight is 363 g/mol. The highest BCUT2D eigenvalue weighted by atomic mass is 35.5. The fourth-order valence-electron chi connectivity index (χ4n) is 2.49. The lowest BCUT2D eigenvalue weighted by Crippen LogP contribution is -2.36. The second-order valence-electron chi connectivity index (χ2n) is 5.86. The van der Waals surface area contributed by atoms with Crippen molar-refractivity contribution < 1.29 is 4.79 Å². The molecule has 0 unspecified atom stereocenters. The van der Waals surface area contributed by atoms with Crippen molar-refractivity contribution in [2.24, 2.45) is 0 Å². The summed E-state index contributed by atoms with van der Waals surface area (Å²) in [7, 11) is 1.95. The van der Waals surface area contributed by atoms with E-state index in [2.05, 4.69) is 35.8 Å². The van der Waals surface area contributed by atoms with Gasteiger partial charge in [-0.1, -0.05) is 35.9 Å². The molecule has 0 bridgehead atoms. The van der Waals surface area contributed by atoms with Gasteiger partial charge >= 0.3 is 0 Å². The third kappa shape index (κ3) is 5.86. The van der Waals surface area contributed by atoms with E-state index in [1.54, 1.807) is 11.8 Å². The van der Waals surface area contributed by atoms with Crippen molar-refractivity contribution in [2.45, 2.75) is 24.4 Å². The van der Waals surface area contributed by atoms with Crippen molar-refractivity contribution in [3.8, 4) is 0 Å². The van der Waals surface area contributed by atoms with Crippen LogP contribution >= 0.6 is 23.4 Å². The molecular formula is C19H23ClN2OS. The van der Waals surface area contributed by atoms with Crippen LogP contribution in [0.4, 0.5) is 0 Å². The summed E-state index contributed by atoms with van der Waals surface area (Å²) in [5.74, 6) is 0.00529. The maximum atomic E-state index is 12.2. The predicted octanol–water partition coefficient (Wildman–Crippen LogP) is 4.37. The van der Waals surface area contributed by atoms with Gasteiger partial charge in [-0.25, -0.2) is 0 Å². The van der Waals surface area contributed by atoms with E-state index < -0.39 is 0 Å². The topological polar surface area (TPSA) is 32.3 Å². The minimum absolute atomic E-state index is 0.00529. The van der Waals surface area contributed by atoms with Crippen LogP contribution in [0.1, 0.15) is 24.1 Å². The lowest BCUT2D eigenvalue weighted by molar-refractivity contribution is -0.122. The van der Waals surface area contributed by atoms with Gasteiger partial charge in [0.1, 0.15) is 0 Å². The fraction of sp³-hybridized carbons (Fsp3) is 0.316. The van der Waals surface area contributed by atoms with Crippen LogP contribution in [0.3, 0.4) is 0 Å². The Hall–Kier alpha value is -1.49. The monoisotopic (exact) mass is 362 g/mol. The number of amides is 1. The van der Waals surface area contributed by atoms with Gasteiger partial charge in [-0.2, -0.15) is 0 Å². The SMILES string of the molecule is CSc1ccc(CN(C)CC(=O)N[C@@H](C)c2cccc(Cl)c2)cc1. The molecule has 0 aliphatic heterocycles. The maximum Gasteiger partial charge on any atom is 0.234 e. The lowest BCUT2D eigenvalue weighted by atomic mass is 10.1. The van der Waals surface area contributed by atoms with Gasteiger partial charge in [-0.15, -0.1) is 11.8 Å². The number of nitrogens with one attached hydrogen (secondary N) is 1. The molecule has 0 aromatic heterocycles. The number of benzene rings is 2. The minimum Gasteiger partial charge on any atom is -0.348 e. The molecule has 1 amide bonds. The van der Waals surface area contributed by atoms with Crippen molar-refractivity contribution in [2.75, 3.05) is 19.8 Å². The van der Waals surface area contributed by atoms with E-state index in [0.717, 1.165) is 12.1 Å². The van der Waals surface area contributed by atoms with Gasteiger partial charge in [0.25, 0.3) is 0 Å². The molecule has 0 fully saturated rings. The Kier molecular flexibility index (Phi) is 7.16. The van der Waals surface area contributed by atoms with Crippen molar-refractivity contribution in [1.82, 2.24) is 10.2 Å². The zero-order valence-corrected chi connectivity index (χ0v) is 15.8. The maximum absolute atomic E-state index is 12.2. The molecule has 5 heteroatoms. The summed E-state index contributed by atoms with van der Waals surface area (Å²) >= 11 is 7.72. The molecule has 1 atom stereocenters. The van der Waals surface area contributed by atoms with Gasteiger partial charge in [-0.05, 0) is 55.6 Å². The second-order valence-corrected chi connectivity index (χ2v) is 7.18. The van der Waals surface area contributed by atoms with Crippen LogP contribution in [0.15, 0.2) is 53.4 Å². The van der Waals surface area contributed by atoms with Crippen LogP contribution < -0.4 is 5.32 Å². The number of thioether (sulfide) groups is 1. The summed E-state index contributed by atoms with van der Waals surface area (Å²) < 4.78 is 0. The number of carbonyl (C=O) groups is 1. The molecule has 2 aromatic carbocycles. The molecule has 2 aromatic rings. The summed E-state index contributed by atoms with van der Waals surface area (Å²) in [6, 6.07) is 15.9. The molecule has 0 saturated heterocycles. The van der Waals surface area contributed by atoms with Crippen molar-refractivity contribution in [3.63, 3.8) is 0 Å². The van der Waals surface area contributed by atoms with E-state index >= 15 is 0 Å². The summed E-state index contributed by atoms with van der Waals surface area (Å²) in [4.78, 5) is 15.5. The molecule has 2 rings (SSSR count). The molecule has 0 aliphatic rings. The Labute approximate surface area is 153 Å². The first-order valence-electron chi connectivity index (χ1n) is 7.84. The van der Waals surface area contributed by atoms with Gasteiger partial charge in [0, 0.05) is 16.5 Å². The summed E-state index contributed by atoms with van der Waals surface area (Å²) in [5.41, 5.74) is 2.21. The van der Waals surface area contributed by atoms with E-state index in [9.17, 15) is 4.79 Å². The molecule has 24 heavy (non-hydrogen) atoms. The normalized spacial score (nSPS) is 12.2. The van der Waals surface area contributed by atoms with Crippen LogP contribution in [0, 0.1) is 0 Å². The number of halogens is 1. The summed E-state index contributed by atoms with van der Waals surface area (Å²) in [6.07, 6.45) is 2.06. The first kappa shape index (κ1) is 18.8.